The molecule has 0 unspecified atom stereocenters. The zero-order valence-corrected chi connectivity index (χ0v) is 35.9. The van der Waals surface area contributed by atoms with Crippen LogP contribution in [0, 0.1) is 12.7 Å². The van der Waals surface area contributed by atoms with Gasteiger partial charge in [-0.1, -0.05) is 67.9 Å². The van der Waals surface area contributed by atoms with Crippen LogP contribution < -0.4 is 21.4 Å². The Kier molecular flexibility index (Phi) is 20.3. The van der Waals surface area contributed by atoms with Crippen molar-refractivity contribution in [3.8, 4) is 11.1 Å². The van der Waals surface area contributed by atoms with E-state index in [1.54, 1.807) is 35.2 Å². The van der Waals surface area contributed by atoms with E-state index in [9.17, 15) is 28.4 Å². The quantitative estimate of drug-likeness (QED) is 0.0499. The van der Waals surface area contributed by atoms with Gasteiger partial charge in [0.15, 0.2) is 5.69 Å². The molecule has 0 bridgehead atoms. The number of hydrogen-bond acceptors (Lipinski definition) is 9. The van der Waals surface area contributed by atoms with Crippen LogP contribution >= 0.6 is 25.1 Å². The number of nitrogens with zero attached hydrogens (tertiary/aromatic N) is 4. The summed E-state index contributed by atoms with van der Waals surface area (Å²) in [6.45, 7) is 9.48. The molecule has 0 saturated carbocycles. The standard InChI is InChI=1S/C41H44ClFN8O6.C2H6.H2S/c1-27-6-3-4-9-33(27)36(49-47-26-52)21-29-10-11-35(43)34(20-29)41(56)51-16-14-50(15-17-51)38(54)25-44-12-18-57-19-13-45-40(55)39-37(48-28(2)53)23-31(24-46-39)30-7-5-8-32(42)22-30;1-2;/h3-11,20,22-24,26,44H,12-19,21,25H2,1-2H3,(H,45,55)(H,47,52)(H,48,53);1-2H3;1H2/b49-36-;;. The summed E-state index contributed by atoms with van der Waals surface area (Å²) in [4.78, 5) is 69.4. The van der Waals surface area contributed by atoms with Crippen LogP contribution in [0.15, 0.2) is 84.1 Å². The number of aromatic nitrogens is 1. The van der Waals surface area contributed by atoms with Crippen LogP contribution in [0.3, 0.4) is 0 Å². The molecule has 5 rings (SSSR count). The molecule has 1 aliphatic heterocycles. The van der Waals surface area contributed by atoms with E-state index in [1.807, 2.05) is 51.1 Å². The minimum Gasteiger partial charge on any atom is -0.378 e. The van der Waals surface area contributed by atoms with Crippen molar-refractivity contribution in [2.75, 3.05) is 64.3 Å². The second kappa shape index (κ2) is 25.1. The number of anilines is 1. The highest BCUT2D eigenvalue weighted by molar-refractivity contribution is 7.59. The first kappa shape index (κ1) is 48.7. The van der Waals surface area contributed by atoms with Crippen LogP contribution in [0.1, 0.15) is 58.3 Å². The highest BCUT2D eigenvalue weighted by Gasteiger charge is 2.27. The van der Waals surface area contributed by atoms with Crippen molar-refractivity contribution in [3.05, 3.63) is 118 Å². The van der Waals surface area contributed by atoms with Gasteiger partial charge in [0.2, 0.25) is 18.2 Å². The van der Waals surface area contributed by atoms with Gasteiger partial charge in [0.25, 0.3) is 11.8 Å². The summed E-state index contributed by atoms with van der Waals surface area (Å²) in [6, 6.07) is 20.7. The van der Waals surface area contributed by atoms with Crippen LogP contribution in [0.2, 0.25) is 5.02 Å². The Morgan fingerprint density at radius 1 is 0.900 bits per heavy atom. The third-order valence-electron chi connectivity index (χ3n) is 9.06. The van der Waals surface area contributed by atoms with Gasteiger partial charge >= 0.3 is 0 Å². The van der Waals surface area contributed by atoms with Gasteiger partial charge in [-0.15, -0.1) is 0 Å². The van der Waals surface area contributed by atoms with E-state index in [2.05, 4.69) is 31.5 Å². The number of ether oxygens (including phenoxy) is 1. The van der Waals surface area contributed by atoms with Crippen LogP contribution in [0.25, 0.3) is 11.1 Å². The van der Waals surface area contributed by atoms with Crippen molar-refractivity contribution < 1.29 is 33.1 Å². The number of amides is 5. The molecule has 1 fully saturated rings. The summed E-state index contributed by atoms with van der Waals surface area (Å²) in [5.74, 6) is -2.09. The number of piperazine rings is 1. The number of aryl methyl sites for hydroxylation is 1. The van der Waals surface area contributed by atoms with Gasteiger partial charge < -0.3 is 30.5 Å². The molecule has 17 heteroatoms. The molecule has 0 spiro atoms. The molecule has 0 atom stereocenters. The van der Waals surface area contributed by atoms with E-state index in [4.69, 9.17) is 16.3 Å². The van der Waals surface area contributed by atoms with Gasteiger partial charge in [0, 0.05) is 75.0 Å². The Balaban J connectivity index is 0.00000315. The average molecular weight is 863 g/mol. The van der Waals surface area contributed by atoms with Gasteiger partial charge in [-0.3, -0.25) is 24.0 Å². The van der Waals surface area contributed by atoms with Gasteiger partial charge in [-0.25, -0.2) is 14.8 Å². The number of nitrogens with one attached hydrogen (secondary N) is 4. The monoisotopic (exact) mass is 862 g/mol. The van der Waals surface area contributed by atoms with E-state index in [0.29, 0.717) is 47.9 Å². The smallest absolute Gasteiger partial charge is 0.272 e. The van der Waals surface area contributed by atoms with Gasteiger partial charge in [-0.2, -0.15) is 18.6 Å². The molecule has 4 N–H and O–H groups in total. The predicted molar refractivity (Wildman–Crippen MR) is 236 cm³/mol. The molecular weight excluding hydrogens is 811 g/mol. The lowest BCUT2D eigenvalue weighted by molar-refractivity contribution is -0.131. The SMILES string of the molecule is CC.CC(=O)Nc1cc(-c2cccc(Cl)c2)cnc1C(=O)NCCOCCNCC(=O)N1CCN(C(=O)c2cc(C/C(=N/NC=O)c3ccccc3C)ccc2F)CC1.S. The van der Waals surface area contributed by atoms with Gasteiger partial charge in [0.05, 0.1) is 36.7 Å². The predicted octanol–water partition coefficient (Wildman–Crippen LogP) is 4.96. The molecule has 0 radical (unpaired) electrons. The molecule has 60 heavy (non-hydrogen) atoms. The maximum atomic E-state index is 15.0. The molecule has 3 aromatic carbocycles. The van der Waals surface area contributed by atoms with Gasteiger partial charge in [-0.05, 0) is 53.9 Å². The summed E-state index contributed by atoms with van der Waals surface area (Å²) in [5, 5.41) is 13.2. The molecule has 1 saturated heterocycles. The molecule has 320 valence electrons. The van der Waals surface area contributed by atoms with E-state index in [0.717, 1.165) is 16.7 Å². The van der Waals surface area contributed by atoms with E-state index in [-0.39, 0.29) is 88.1 Å². The average Bonchev–Trinajstić information content (AvgIpc) is 3.24. The van der Waals surface area contributed by atoms with Crippen LogP contribution in [-0.4, -0.2) is 110 Å². The lowest BCUT2D eigenvalue weighted by Crippen LogP contribution is -2.52. The highest BCUT2D eigenvalue weighted by atomic mass is 35.5. The fraction of sp³-hybridized carbons (Fsp3) is 0.326. The largest absolute Gasteiger partial charge is 0.378 e. The van der Waals surface area contributed by atoms with Gasteiger partial charge in [0.1, 0.15) is 5.82 Å². The van der Waals surface area contributed by atoms with Crippen molar-refractivity contribution in [2.45, 2.75) is 34.1 Å². The van der Waals surface area contributed by atoms with Crippen LogP contribution in [-0.2, 0) is 25.5 Å². The summed E-state index contributed by atoms with van der Waals surface area (Å²) in [6.07, 6.45) is 2.26. The number of hydrazone groups is 1. The number of carbonyl (C=O) groups excluding carboxylic acids is 5. The van der Waals surface area contributed by atoms with Crippen molar-refractivity contribution in [2.24, 2.45) is 5.10 Å². The Labute approximate surface area is 361 Å². The maximum absolute atomic E-state index is 15.0. The third-order valence-corrected chi connectivity index (χ3v) is 9.30. The van der Waals surface area contributed by atoms with Crippen molar-refractivity contribution >= 4 is 66.5 Å². The number of halogens is 2. The van der Waals surface area contributed by atoms with E-state index in [1.165, 1.54) is 30.2 Å². The molecule has 4 aromatic rings. The molecule has 14 nitrogen and oxygen atoms in total. The molecule has 1 aromatic heterocycles. The second-order valence-corrected chi connectivity index (χ2v) is 13.6. The second-order valence-electron chi connectivity index (χ2n) is 13.1. The van der Waals surface area contributed by atoms with Crippen LogP contribution in [0.4, 0.5) is 10.1 Å². The number of hydrogen-bond donors (Lipinski definition) is 4. The summed E-state index contributed by atoms with van der Waals surface area (Å²) >= 11 is 6.11. The zero-order valence-electron chi connectivity index (χ0n) is 34.1. The number of carbonyl (C=O) groups is 5. The molecule has 5 amide bonds. The number of rotatable bonds is 17. The van der Waals surface area contributed by atoms with Crippen LogP contribution in [0.5, 0.6) is 0 Å². The lowest BCUT2D eigenvalue weighted by atomic mass is 9.97. The van der Waals surface area contributed by atoms with Crippen molar-refractivity contribution in [1.29, 1.82) is 0 Å². The fourth-order valence-corrected chi connectivity index (χ4v) is 6.39. The minimum absolute atomic E-state index is 0. The Hall–Kier alpha value is -5.68. The number of pyridine rings is 1. The Morgan fingerprint density at radius 2 is 1.62 bits per heavy atom. The number of benzene rings is 3. The molecule has 0 aliphatic carbocycles. The molecule has 1 aliphatic rings. The molecule has 2 heterocycles. The van der Waals surface area contributed by atoms with E-state index < -0.39 is 17.6 Å². The Bertz CT molecular complexity index is 2130. The summed E-state index contributed by atoms with van der Waals surface area (Å²) in [7, 11) is 0. The first-order valence-corrected chi connectivity index (χ1v) is 19.7. The highest BCUT2D eigenvalue weighted by Crippen LogP contribution is 2.26. The minimum atomic E-state index is -0.648. The normalized spacial score (nSPS) is 12.3. The zero-order chi connectivity index (χ0) is 42.7. The third kappa shape index (κ3) is 14.3. The summed E-state index contributed by atoms with van der Waals surface area (Å²) in [5.41, 5.74) is 7.03. The van der Waals surface area contributed by atoms with E-state index >= 15 is 0 Å². The van der Waals surface area contributed by atoms with Crippen molar-refractivity contribution in [3.63, 3.8) is 0 Å². The summed E-state index contributed by atoms with van der Waals surface area (Å²) < 4.78 is 20.5. The Morgan fingerprint density at radius 3 is 2.32 bits per heavy atom. The first-order chi connectivity index (χ1) is 28.5. The lowest BCUT2D eigenvalue weighted by Gasteiger charge is -2.35. The fourth-order valence-electron chi connectivity index (χ4n) is 6.20. The van der Waals surface area contributed by atoms with Crippen molar-refractivity contribution in [1.82, 2.24) is 30.8 Å². The maximum Gasteiger partial charge on any atom is 0.272 e. The molecular formula is C43H52ClFN8O6S. The topological polar surface area (TPSA) is 174 Å². The first-order valence-electron chi connectivity index (χ1n) is 19.3.